The third-order valence-electron chi connectivity index (χ3n) is 2.09. The molecule has 2 atom stereocenters. The summed E-state index contributed by atoms with van der Waals surface area (Å²) in [5, 5.41) is 3.21. The van der Waals surface area contributed by atoms with Crippen LogP contribution in [-0.4, -0.2) is 18.8 Å². The third-order valence-corrected chi connectivity index (χ3v) is 2.09. The van der Waals surface area contributed by atoms with Gasteiger partial charge in [-0.05, 0) is 32.2 Å². The van der Waals surface area contributed by atoms with Crippen molar-refractivity contribution in [1.82, 2.24) is 5.32 Å². The Morgan fingerprint density at radius 1 is 1.50 bits per heavy atom. The van der Waals surface area contributed by atoms with Crippen LogP contribution in [-0.2, 0) is 0 Å². The normalized spacial score (nSPS) is 33.0. The van der Waals surface area contributed by atoms with E-state index in [-0.39, 0.29) is 6.04 Å². The van der Waals surface area contributed by atoms with Crippen molar-refractivity contribution in [2.75, 3.05) is 6.54 Å². The molecule has 1 rings (SSSR count). The largest absolute Gasteiger partial charge is 0.311 e. The summed E-state index contributed by atoms with van der Waals surface area (Å²) in [4.78, 5) is 0. The Labute approximate surface area is 62.0 Å². The molecule has 1 aliphatic carbocycles. The minimum absolute atomic E-state index is 0.167. The van der Waals surface area contributed by atoms with Gasteiger partial charge < -0.3 is 5.32 Å². The second-order valence-electron chi connectivity index (χ2n) is 3.01. The van der Waals surface area contributed by atoms with Gasteiger partial charge in [0.15, 0.2) is 0 Å². The fourth-order valence-corrected chi connectivity index (χ4v) is 1.47. The van der Waals surface area contributed by atoms with E-state index in [1.165, 1.54) is 0 Å². The van der Waals surface area contributed by atoms with E-state index in [0.29, 0.717) is 0 Å². The molecule has 0 spiro atoms. The van der Waals surface area contributed by atoms with Crippen molar-refractivity contribution in [3.63, 3.8) is 0 Å². The second-order valence-corrected chi connectivity index (χ2v) is 3.01. The monoisotopic (exact) mass is 145 g/mol. The summed E-state index contributed by atoms with van der Waals surface area (Å²) in [5.41, 5.74) is 0. The fourth-order valence-electron chi connectivity index (χ4n) is 1.47. The zero-order valence-electron chi connectivity index (χ0n) is 6.57. The maximum atomic E-state index is 12.8. The molecule has 0 aromatic carbocycles. The molecule has 0 amide bonds. The van der Waals surface area contributed by atoms with E-state index in [0.717, 1.165) is 32.2 Å². The van der Waals surface area contributed by atoms with Crippen LogP contribution >= 0.6 is 0 Å². The summed E-state index contributed by atoms with van der Waals surface area (Å²) in [6.45, 7) is 3.07. The van der Waals surface area contributed by atoms with Gasteiger partial charge in [0.2, 0.25) is 0 Å². The molecule has 2 unspecified atom stereocenters. The van der Waals surface area contributed by atoms with Gasteiger partial charge in [0.1, 0.15) is 6.17 Å². The van der Waals surface area contributed by atoms with E-state index < -0.39 is 6.17 Å². The van der Waals surface area contributed by atoms with E-state index in [4.69, 9.17) is 0 Å². The average molecular weight is 145 g/mol. The summed E-state index contributed by atoms with van der Waals surface area (Å²) in [6, 6.07) is 0.167. The lowest BCUT2D eigenvalue weighted by Gasteiger charge is -2.13. The molecule has 0 saturated heterocycles. The summed E-state index contributed by atoms with van der Waals surface area (Å²) in [7, 11) is 0. The summed E-state index contributed by atoms with van der Waals surface area (Å²) < 4.78 is 12.8. The minimum Gasteiger partial charge on any atom is -0.311 e. The Hall–Kier alpha value is -0.110. The van der Waals surface area contributed by atoms with Crippen molar-refractivity contribution < 1.29 is 4.39 Å². The Bertz CT molecular complexity index is 95.3. The lowest BCUT2D eigenvalue weighted by molar-refractivity contribution is 0.281. The first-order chi connectivity index (χ1) is 4.84. The Morgan fingerprint density at radius 3 is 2.80 bits per heavy atom. The SMILES string of the molecule is CCCNC1CCCC1F. The first kappa shape index (κ1) is 7.99. The number of hydrogen-bond donors (Lipinski definition) is 1. The summed E-state index contributed by atoms with van der Waals surface area (Å²) in [5.74, 6) is 0. The maximum absolute atomic E-state index is 12.8. The zero-order chi connectivity index (χ0) is 7.40. The topological polar surface area (TPSA) is 12.0 Å². The highest BCUT2D eigenvalue weighted by Crippen LogP contribution is 2.21. The van der Waals surface area contributed by atoms with Crippen LogP contribution in [0.5, 0.6) is 0 Å². The quantitative estimate of drug-likeness (QED) is 0.639. The number of alkyl halides is 1. The van der Waals surface area contributed by atoms with Gasteiger partial charge in [-0.15, -0.1) is 0 Å². The molecular weight excluding hydrogens is 129 g/mol. The molecule has 1 nitrogen and oxygen atoms in total. The van der Waals surface area contributed by atoms with Gasteiger partial charge in [0.05, 0.1) is 0 Å². The van der Waals surface area contributed by atoms with Gasteiger partial charge in [-0.2, -0.15) is 0 Å². The molecule has 1 aliphatic rings. The fraction of sp³-hybridized carbons (Fsp3) is 1.00. The molecular formula is C8H16FN. The Morgan fingerprint density at radius 2 is 2.30 bits per heavy atom. The second kappa shape index (κ2) is 3.91. The van der Waals surface area contributed by atoms with Crippen molar-refractivity contribution in [2.24, 2.45) is 0 Å². The van der Waals surface area contributed by atoms with Crippen LogP contribution in [0.1, 0.15) is 32.6 Å². The van der Waals surface area contributed by atoms with Crippen LogP contribution in [0.15, 0.2) is 0 Å². The lowest BCUT2D eigenvalue weighted by atomic mass is 10.2. The first-order valence-corrected chi connectivity index (χ1v) is 4.22. The van der Waals surface area contributed by atoms with Crippen LogP contribution in [0.3, 0.4) is 0 Å². The zero-order valence-corrected chi connectivity index (χ0v) is 6.57. The van der Waals surface area contributed by atoms with Gasteiger partial charge in [0.25, 0.3) is 0 Å². The molecule has 2 heteroatoms. The minimum atomic E-state index is -0.577. The van der Waals surface area contributed by atoms with Crippen molar-refractivity contribution >= 4 is 0 Å². The average Bonchev–Trinajstić information content (AvgIpc) is 2.31. The van der Waals surface area contributed by atoms with Gasteiger partial charge in [-0.3, -0.25) is 0 Å². The van der Waals surface area contributed by atoms with Crippen molar-refractivity contribution in [2.45, 2.75) is 44.8 Å². The number of nitrogens with one attached hydrogen (secondary N) is 1. The Kier molecular flexibility index (Phi) is 3.13. The van der Waals surface area contributed by atoms with Crippen LogP contribution in [0, 0.1) is 0 Å². The molecule has 10 heavy (non-hydrogen) atoms. The molecule has 60 valence electrons. The Balaban J connectivity index is 2.14. The predicted molar refractivity (Wildman–Crippen MR) is 40.8 cm³/mol. The van der Waals surface area contributed by atoms with Gasteiger partial charge >= 0.3 is 0 Å². The highest BCUT2D eigenvalue weighted by Gasteiger charge is 2.25. The smallest absolute Gasteiger partial charge is 0.115 e. The number of halogens is 1. The van der Waals surface area contributed by atoms with E-state index in [2.05, 4.69) is 12.2 Å². The summed E-state index contributed by atoms with van der Waals surface area (Å²) >= 11 is 0. The first-order valence-electron chi connectivity index (χ1n) is 4.22. The lowest BCUT2D eigenvalue weighted by Crippen LogP contribution is -2.33. The number of rotatable bonds is 3. The highest BCUT2D eigenvalue weighted by atomic mass is 19.1. The molecule has 1 N–H and O–H groups in total. The molecule has 0 heterocycles. The van der Waals surface area contributed by atoms with Crippen molar-refractivity contribution in [3.8, 4) is 0 Å². The van der Waals surface area contributed by atoms with E-state index in [9.17, 15) is 4.39 Å². The summed E-state index contributed by atoms with van der Waals surface area (Å²) in [6.07, 6.45) is 3.38. The maximum Gasteiger partial charge on any atom is 0.115 e. The molecule has 0 aromatic heterocycles. The van der Waals surface area contributed by atoms with Gasteiger partial charge in [-0.25, -0.2) is 4.39 Å². The molecule has 0 aromatic rings. The highest BCUT2D eigenvalue weighted by molar-refractivity contribution is 4.82. The van der Waals surface area contributed by atoms with Crippen LogP contribution in [0.2, 0.25) is 0 Å². The molecule has 1 saturated carbocycles. The van der Waals surface area contributed by atoms with Crippen molar-refractivity contribution in [3.05, 3.63) is 0 Å². The van der Waals surface area contributed by atoms with Crippen LogP contribution in [0.4, 0.5) is 4.39 Å². The van der Waals surface area contributed by atoms with Gasteiger partial charge in [-0.1, -0.05) is 6.92 Å². The molecule has 0 aliphatic heterocycles. The molecule has 1 fully saturated rings. The van der Waals surface area contributed by atoms with Crippen LogP contribution < -0.4 is 5.32 Å². The standard InChI is InChI=1S/C8H16FN/c1-2-6-10-8-5-3-4-7(8)9/h7-8,10H,2-6H2,1H3. The number of hydrogen-bond acceptors (Lipinski definition) is 1. The predicted octanol–water partition coefficient (Wildman–Crippen LogP) is 1.88. The third kappa shape index (κ3) is 1.94. The van der Waals surface area contributed by atoms with E-state index in [1.54, 1.807) is 0 Å². The van der Waals surface area contributed by atoms with Crippen molar-refractivity contribution in [1.29, 1.82) is 0 Å². The molecule has 0 radical (unpaired) electrons. The van der Waals surface area contributed by atoms with Gasteiger partial charge in [0, 0.05) is 6.04 Å². The molecule has 0 bridgehead atoms. The van der Waals surface area contributed by atoms with E-state index >= 15 is 0 Å². The van der Waals surface area contributed by atoms with E-state index in [1.807, 2.05) is 0 Å². The van der Waals surface area contributed by atoms with Crippen LogP contribution in [0.25, 0.3) is 0 Å².